The number of hydrogen-bond donors (Lipinski definition) is 0. The summed E-state index contributed by atoms with van der Waals surface area (Å²) in [5.41, 5.74) is 6.10. The van der Waals surface area contributed by atoms with Crippen LogP contribution in [0.5, 0.6) is 0 Å². The summed E-state index contributed by atoms with van der Waals surface area (Å²) in [4.78, 5) is 4.55. The summed E-state index contributed by atoms with van der Waals surface area (Å²) < 4.78 is 0. The van der Waals surface area contributed by atoms with Gasteiger partial charge < -0.3 is 0 Å². The van der Waals surface area contributed by atoms with E-state index in [9.17, 15) is 0 Å². The van der Waals surface area contributed by atoms with E-state index in [1.165, 1.54) is 22.3 Å². The van der Waals surface area contributed by atoms with Gasteiger partial charge in [-0.15, -0.1) is 4.99 Å². The molecule has 0 bridgehead atoms. The Balaban J connectivity index is 1.72. The molecule has 1 heteroatoms. The monoisotopic (exact) mass is 308 g/mol. The van der Waals surface area contributed by atoms with Gasteiger partial charge in [0, 0.05) is 0 Å². The van der Waals surface area contributed by atoms with Crippen LogP contribution < -0.4 is 0 Å². The molecule has 1 nitrogen and oxygen atoms in total. The summed E-state index contributed by atoms with van der Waals surface area (Å²) in [5.74, 6) is 0.172. The quantitative estimate of drug-likeness (QED) is 0.552. The van der Waals surface area contributed by atoms with Crippen LogP contribution in [0.1, 0.15) is 17.0 Å². The zero-order valence-electron chi connectivity index (χ0n) is 13.3. The molecule has 0 aromatic heterocycles. The summed E-state index contributed by atoms with van der Waals surface area (Å²) >= 11 is 0. The highest BCUT2D eigenvalue weighted by Crippen LogP contribution is 2.35. The molecule has 114 valence electrons. The van der Waals surface area contributed by atoms with E-state index in [0.29, 0.717) is 0 Å². The van der Waals surface area contributed by atoms with Crippen molar-refractivity contribution in [3.63, 3.8) is 0 Å². The molecule has 3 aromatic carbocycles. The minimum absolute atomic E-state index is 0.172. The Bertz CT molecular complexity index is 859. The van der Waals surface area contributed by atoms with E-state index in [0.717, 1.165) is 5.70 Å². The molecule has 0 saturated heterocycles. The molecule has 0 saturated carbocycles. The molecule has 0 amide bonds. The lowest BCUT2D eigenvalue weighted by molar-refractivity contribution is 0.936. The Hall–Kier alpha value is -3.06. The molecular weight excluding hydrogens is 290 g/mol. The summed E-state index contributed by atoms with van der Waals surface area (Å²) in [6.07, 6.45) is 5.97. The van der Waals surface area contributed by atoms with Crippen LogP contribution in [0.3, 0.4) is 0 Å². The van der Waals surface area contributed by atoms with Crippen LogP contribution in [0.25, 0.3) is 11.1 Å². The molecule has 1 atom stereocenters. The van der Waals surface area contributed by atoms with Gasteiger partial charge in [-0.3, -0.25) is 0 Å². The molecule has 0 aliphatic carbocycles. The summed E-state index contributed by atoms with van der Waals surface area (Å²) in [6.45, 7) is 0. The van der Waals surface area contributed by atoms with Crippen molar-refractivity contribution < 1.29 is 0 Å². The number of benzene rings is 3. The van der Waals surface area contributed by atoms with E-state index in [4.69, 9.17) is 0 Å². The van der Waals surface area contributed by atoms with Gasteiger partial charge in [-0.05, 0) is 22.3 Å². The zero-order valence-corrected chi connectivity index (χ0v) is 13.3. The van der Waals surface area contributed by atoms with E-state index < -0.39 is 0 Å². The summed E-state index contributed by atoms with van der Waals surface area (Å²) in [7, 11) is 0. The van der Waals surface area contributed by atoms with Gasteiger partial charge in [0.25, 0.3) is 0 Å². The molecule has 3 aromatic rings. The Morgan fingerprint density at radius 2 is 1.21 bits per heavy atom. The standard InChI is InChI=1S/C23H18N/c1-3-8-18(9-4-1)19-13-15-21(16-14-19)23(22-12-7-17-24-22)20-10-5-2-6-11-20/h1-17,23H/q+1. The molecule has 1 heterocycles. The van der Waals surface area contributed by atoms with Gasteiger partial charge in [0.1, 0.15) is 18.2 Å². The molecule has 0 radical (unpaired) electrons. The lowest BCUT2D eigenvalue weighted by Gasteiger charge is -2.13. The van der Waals surface area contributed by atoms with E-state index in [1.54, 1.807) is 0 Å². The fourth-order valence-electron chi connectivity index (χ4n) is 3.16. The Morgan fingerprint density at radius 3 is 1.83 bits per heavy atom. The highest BCUT2D eigenvalue weighted by molar-refractivity contribution is 5.76. The average Bonchev–Trinajstić information content (AvgIpc) is 3.18. The fourth-order valence-corrected chi connectivity index (χ4v) is 3.16. The van der Waals surface area contributed by atoms with E-state index in [2.05, 4.69) is 89.9 Å². The van der Waals surface area contributed by atoms with E-state index in [-0.39, 0.29) is 5.92 Å². The maximum atomic E-state index is 4.55. The van der Waals surface area contributed by atoms with Gasteiger partial charge in [-0.2, -0.15) is 0 Å². The van der Waals surface area contributed by atoms with Crippen molar-refractivity contribution in [3.8, 4) is 11.1 Å². The molecule has 1 aliphatic rings. The van der Waals surface area contributed by atoms with Crippen molar-refractivity contribution in [2.24, 2.45) is 4.99 Å². The third kappa shape index (κ3) is 2.89. The second kappa shape index (κ2) is 6.59. The van der Waals surface area contributed by atoms with Crippen LogP contribution in [-0.4, -0.2) is 6.21 Å². The SMILES string of the molecule is C1=NC(C(c2ccccc2)c2ccc(-c3ccccc3)cc2)=C[CH+]1. The smallest absolute Gasteiger partial charge is 0.143 e. The van der Waals surface area contributed by atoms with Crippen LogP contribution in [-0.2, 0) is 0 Å². The number of rotatable bonds is 4. The highest BCUT2D eigenvalue weighted by atomic mass is 14.8. The third-order valence-corrected chi connectivity index (χ3v) is 4.36. The topological polar surface area (TPSA) is 12.4 Å². The maximum Gasteiger partial charge on any atom is 0.186 e. The Labute approximate surface area is 143 Å². The van der Waals surface area contributed by atoms with E-state index >= 15 is 0 Å². The summed E-state index contributed by atoms with van der Waals surface area (Å²) in [5, 5.41) is 0. The normalized spacial score (nSPS) is 14.1. The minimum atomic E-state index is 0.172. The van der Waals surface area contributed by atoms with Crippen LogP contribution in [0.2, 0.25) is 0 Å². The first kappa shape index (κ1) is 14.5. The second-order valence-electron chi connectivity index (χ2n) is 5.89. The van der Waals surface area contributed by atoms with Crippen LogP contribution in [0, 0.1) is 6.42 Å². The van der Waals surface area contributed by atoms with E-state index in [1.807, 2.05) is 18.7 Å². The second-order valence-corrected chi connectivity index (χ2v) is 5.89. The molecule has 1 aliphatic heterocycles. The van der Waals surface area contributed by atoms with Gasteiger partial charge >= 0.3 is 0 Å². The van der Waals surface area contributed by atoms with Gasteiger partial charge in [-0.25, -0.2) is 0 Å². The lowest BCUT2D eigenvalue weighted by Crippen LogP contribution is -2.02. The van der Waals surface area contributed by atoms with Gasteiger partial charge in [0.15, 0.2) is 5.70 Å². The molecular formula is C23H18N+. The first-order valence-corrected chi connectivity index (χ1v) is 8.20. The van der Waals surface area contributed by atoms with Gasteiger partial charge in [0.2, 0.25) is 0 Å². The van der Waals surface area contributed by atoms with Crippen molar-refractivity contribution in [2.75, 3.05) is 0 Å². The first-order valence-electron chi connectivity index (χ1n) is 8.20. The molecule has 24 heavy (non-hydrogen) atoms. The number of hydrogen-bond acceptors (Lipinski definition) is 1. The molecule has 0 N–H and O–H groups in total. The molecule has 1 unspecified atom stereocenters. The fraction of sp³-hybridized carbons (Fsp3) is 0.0435. The van der Waals surface area contributed by atoms with Crippen molar-refractivity contribution in [2.45, 2.75) is 5.92 Å². The van der Waals surface area contributed by atoms with Crippen molar-refractivity contribution >= 4 is 6.21 Å². The zero-order chi connectivity index (χ0) is 16.2. The molecule has 0 spiro atoms. The molecule has 4 rings (SSSR count). The Kier molecular flexibility index (Phi) is 3.99. The van der Waals surface area contributed by atoms with Gasteiger partial charge in [0.05, 0.1) is 6.42 Å². The van der Waals surface area contributed by atoms with Crippen LogP contribution in [0.15, 0.2) is 102 Å². The van der Waals surface area contributed by atoms with Crippen molar-refractivity contribution in [1.82, 2.24) is 0 Å². The average molecular weight is 308 g/mol. The predicted octanol–water partition coefficient (Wildman–Crippen LogP) is 5.66. The van der Waals surface area contributed by atoms with Crippen LogP contribution in [0.4, 0.5) is 0 Å². The van der Waals surface area contributed by atoms with Crippen molar-refractivity contribution in [1.29, 1.82) is 0 Å². The number of aliphatic imine (C=N–C) groups is 1. The number of allylic oxidation sites excluding steroid dienone is 2. The molecule has 0 fully saturated rings. The predicted molar refractivity (Wildman–Crippen MR) is 101 cm³/mol. The van der Waals surface area contributed by atoms with Gasteiger partial charge in [-0.1, -0.05) is 84.9 Å². The first-order chi connectivity index (χ1) is 11.9. The Morgan fingerprint density at radius 1 is 0.625 bits per heavy atom. The summed E-state index contributed by atoms with van der Waals surface area (Å²) in [6, 6.07) is 29.9. The number of nitrogens with zero attached hydrogens (tertiary/aromatic N) is 1. The van der Waals surface area contributed by atoms with Crippen LogP contribution >= 0.6 is 0 Å². The largest absolute Gasteiger partial charge is 0.186 e. The maximum absolute atomic E-state index is 4.55. The van der Waals surface area contributed by atoms with Crippen molar-refractivity contribution in [3.05, 3.63) is 114 Å². The lowest BCUT2D eigenvalue weighted by atomic mass is 9.87. The minimum Gasteiger partial charge on any atom is -0.143 e. The highest BCUT2D eigenvalue weighted by Gasteiger charge is 2.26. The third-order valence-electron chi connectivity index (χ3n) is 4.36.